The average molecular weight is 472 g/mol. The van der Waals surface area contributed by atoms with E-state index in [9.17, 15) is 4.79 Å². The number of carbonyl (C=O) groups excluding carboxylic acids is 1. The fourth-order valence-corrected chi connectivity index (χ4v) is 5.06. The van der Waals surface area contributed by atoms with Gasteiger partial charge in [0.2, 0.25) is 11.1 Å². The Morgan fingerprint density at radius 2 is 1.76 bits per heavy atom. The van der Waals surface area contributed by atoms with Crippen LogP contribution < -0.4 is 15.5 Å². The van der Waals surface area contributed by atoms with Crippen molar-refractivity contribution in [1.82, 2.24) is 14.9 Å². The van der Waals surface area contributed by atoms with Crippen molar-refractivity contribution in [2.75, 3.05) is 17.9 Å². The summed E-state index contributed by atoms with van der Waals surface area (Å²) in [7, 11) is 1.64. The Bertz CT molecular complexity index is 1320. The Kier molecular flexibility index (Phi) is 5.98. The van der Waals surface area contributed by atoms with Crippen LogP contribution in [-0.2, 0) is 4.79 Å². The molecule has 2 N–H and O–H groups in total. The van der Waals surface area contributed by atoms with Crippen molar-refractivity contribution in [3.05, 3.63) is 89.5 Å². The molecule has 5 rings (SSSR count). The molecule has 1 amide bonds. The second-order valence-corrected chi connectivity index (χ2v) is 9.27. The highest BCUT2D eigenvalue weighted by atomic mass is 32.2. The Labute approximate surface area is 202 Å². The van der Waals surface area contributed by atoms with E-state index in [1.54, 1.807) is 7.11 Å². The minimum atomic E-state index is -0.464. The molecule has 4 aromatic rings. The van der Waals surface area contributed by atoms with Gasteiger partial charge in [0.25, 0.3) is 0 Å². The number of thioether (sulfide) groups is 1. The molecule has 0 unspecified atom stereocenters. The fourth-order valence-electron chi connectivity index (χ4n) is 3.98. The molecule has 0 bridgehead atoms. The van der Waals surface area contributed by atoms with Crippen LogP contribution in [0.3, 0.4) is 0 Å². The number of methoxy groups -OCH3 is 1. The Balaban J connectivity index is 1.52. The zero-order valence-corrected chi connectivity index (χ0v) is 20.0. The molecule has 1 aliphatic rings. The fraction of sp³-hybridized carbons (Fsp3) is 0.192. The van der Waals surface area contributed by atoms with Crippen molar-refractivity contribution in [2.45, 2.75) is 30.3 Å². The molecular formula is C26H25N5O2S. The SMILES string of the molecule is COc1ccc([C@H]2Nn3c(nnc3-c3ccccc3)S[C@@H]2C(=O)Nc2cccc(C)c2C)cc1. The first-order valence-electron chi connectivity index (χ1n) is 11.0. The lowest BCUT2D eigenvalue weighted by Crippen LogP contribution is -2.41. The highest BCUT2D eigenvalue weighted by Gasteiger charge is 2.38. The third-order valence-corrected chi connectivity index (χ3v) is 7.28. The van der Waals surface area contributed by atoms with Crippen molar-refractivity contribution in [2.24, 2.45) is 0 Å². The van der Waals surface area contributed by atoms with Gasteiger partial charge < -0.3 is 15.5 Å². The van der Waals surface area contributed by atoms with Gasteiger partial charge >= 0.3 is 0 Å². The van der Waals surface area contributed by atoms with Crippen LogP contribution in [0.5, 0.6) is 5.75 Å². The molecule has 34 heavy (non-hydrogen) atoms. The average Bonchev–Trinajstić information content (AvgIpc) is 3.29. The van der Waals surface area contributed by atoms with Gasteiger partial charge in [0.05, 0.1) is 13.2 Å². The normalized spacial score (nSPS) is 16.9. The van der Waals surface area contributed by atoms with Gasteiger partial charge in [0.1, 0.15) is 11.0 Å². The summed E-state index contributed by atoms with van der Waals surface area (Å²) < 4.78 is 7.20. The molecule has 0 spiro atoms. The number of ether oxygens (including phenoxy) is 1. The molecule has 0 aliphatic carbocycles. The number of benzene rings is 3. The van der Waals surface area contributed by atoms with Crippen LogP contribution in [0.4, 0.5) is 5.69 Å². The molecule has 7 nitrogen and oxygen atoms in total. The lowest BCUT2D eigenvalue weighted by Gasteiger charge is -2.33. The van der Waals surface area contributed by atoms with Crippen molar-refractivity contribution in [3.63, 3.8) is 0 Å². The van der Waals surface area contributed by atoms with E-state index < -0.39 is 5.25 Å². The van der Waals surface area contributed by atoms with Gasteiger partial charge in [-0.2, -0.15) is 0 Å². The Morgan fingerprint density at radius 1 is 1.00 bits per heavy atom. The topological polar surface area (TPSA) is 81.1 Å². The third-order valence-electron chi connectivity index (χ3n) is 6.06. The van der Waals surface area contributed by atoms with Crippen LogP contribution in [0.25, 0.3) is 11.4 Å². The van der Waals surface area contributed by atoms with Crippen LogP contribution in [0.2, 0.25) is 0 Å². The van der Waals surface area contributed by atoms with Crippen LogP contribution in [0.15, 0.2) is 78.0 Å². The number of aromatic nitrogens is 3. The number of hydrogen-bond acceptors (Lipinski definition) is 6. The van der Waals surface area contributed by atoms with Crippen molar-refractivity contribution < 1.29 is 9.53 Å². The summed E-state index contributed by atoms with van der Waals surface area (Å²) in [6.45, 7) is 4.05. The number of carbonyl (C=O) groups is 1. The number of nitrogens with one attached hydrogen (secondary N) is 2. The molecule has 2 heterocycles. The smallest absolute Gasteiger partial charge is 0.240 e. The Morgan fingerprint density at radius 3 is 2.50 bits per heavy atom. The predicted octanol–water partition coefficient (Wildman–Crippen LogP) is 4.97. The lowest BCUT2D eigenvalue weighted by atomic mass is 10.0. The zero-order chi connectivity index (χ0) is 23.7. The van der Waals surface area contributed by atoms with Crippen LogP contribution in [0.1, 0.15) is 22.7 Å². The van der Waals surface area contributed by atoms with Gasteiger partial charge in [-0.3, -0.25) is 4.79 Å². The minimum absolute atomic E-state index is 0.0949. The summed E-state index contributed by atoms with van der Waals surface area (Å²) in [6, 6.07) is 23.3. The van der Waals surface area contributed by atoms with Gasteiger partial charge in [-0.15, -0.1) is 10.2 Å². The molecular weight excluding hydrogens is 446 g/mol. The van der Waals surface area contributed by atoms with Gasteiger partial charge in [-0.1, -0.05) is 66.4 Å². The van der Waals surface area contributed by atoms with Crippen LogP contribution >= 0.6 is 11.8 Å². The number of amides is 1. The first-order valence-corrected chi connectivity index (χ1v) is 11.9. The summed E-state index contributed by atoms with van der Waals surface area (Å²) in [4.78, 5) is 13.6. The predicted molar refractivity (Wildman–Crippen MR) is 135 cm³/mol. The molecule has 172 valence electrons. The van der Waals surface area contributed by atoms with Gasteiger partial charge in [-0.25, -0.2) is 4.68 Å². The van der Waals surface area contributed by atoms with E-state index in [1.807, 2.05) is 91.3 Å². The molecule has 3 aromatic carbocycles. The van der Waals surface area contributed by atoms with E-state index >= 15 is 0 Å². The first kappa shape index (κ1) is 22.0. The monoisotopic (exact) mass is 471 g/mol. The number of hydrogen-bond donors (Lipinski definition) is 2. The summed E-state index contributed by atoms with van der Waals surface area (Å²) in [5.74, 6) is 1.37. The molecule has 0 saturated heterocycles. The second-order valence-electron chi connectivity index (χ2n) is 8.16. The van der Waals surface area contributed by atoms with Crippen molar-refractivity contribution >= 4 is 23.4 Å². The molecule has 1 aromatic heterocycles. The number of rotatable bonds is 5. The number of nitrogens with zero attached hydrogens (tertiary/aromatic N) is 3. The lowest BCUT2D eigenvalue weighted by molar-refractivity contribution is -0.116. The van der Waals surface area contributed by atoms with Gasteiger partial charge in [0.15, 0.2) is 5.82 Å². The Hall–Kier alpha value is -3.78. The van der Waals surface area contributed by atoms with Gasteiger partial charge in [-0.05, 0) is 48.7 Å². The standard InChI is InChI=1S/C26H25N5O2S/c1-16-8-7-11-21(17(16)2)27-25(32)23-22(18-12-14-20(33-3)15-13-18)30-31-24(28-29-26(31)34-23)19-9-5-4-6-10-19/h4-15,22-23,30H,1-3H3,(H,27,32)/t22-,23+/m1/s1. The molecule has 0 radical (unpaired) electrons. The molecule has 0 fully saturated rings. The van der Waals surface area contributed by atoms with Crippen molar-refractivity contribution in [1.29, 1.82) is 0 Å². The highest BCUT2D eigenvalue weighted by molar-refractivity contribution is 8.00. The van der Waals surface area contributed by atoms with E-state index in [0.29, 0.717) is 11.0 Å². The summed E-state index contributed by atoms with van der Waals surface area (Å²) in [6.07, 6.45) is 0. The largest absolute Gasteiger partial charge is 0.497 e. The summed E-state index contributed by atoms with van der Waals surface area (Å²) in [5.41, 5.74) is 8.42. The molecule has 2 atom stereocenters. The third kappa shape index (κ3) is 4.12. The highest BCUT2D eigenvalue weighted by Crippen LogP contribution is 2.39. The van der Waals surface area contributed by atoms with E-state index in [1.165, 1.54) is 11.8 Å². The number of anilines is 1. The van der Waals surface area contributed by atoms with Crippen LogP contribution in [-0.4, -0.2) is 33.1 Å². The van der Waals surface area contributed by atoms with Crippen LogP contribution in [0, 0.1) is 13.8 Å². The zero-order valence-electron chi connectivity index (χ0n) is 19.1. The summed E-state index contributed by atoms with van der Waals surface area (Å²) >= 11 is 1.41. The quantitative estimate of drug-likeness (QED) is 0.428. The summed E-state index contributed by atoms with van der Waals surface area (Å²) in [5, 5.41) is 12.1. The van der Waals surface area contributed by atoms with Gasteiger partial charge in [0, 0.05) is 11.3 Å². The molecule has 8 heteroatoms. The minimum Gasteiger partial charge on any atom is -0.497 e. The maximum atomic E-state index is 13.6. The first-order chi connectivity index (χ1) is 16.5. The van der Waals surface area contributed by atoms with E-state index in [4.69, 9.17) is 4.74 Å². The number of aryl methyl sites for hydroxylation is 1. The van der Waals surface area contributed by atoms with E-state index in [0.717, 1.165) is 33.7 Å². The maximum Gasteiger partial charge on any atom is 0.240 e. The van der Waals surface area contributed by atoms with E-state index in [-0.39, 0.29) is 11.9 Å². The second kappa shape index (κ2) is 9.23. The molecule has 0 saturated carbocycles. The number of fused-ring (bicyclic) bond motifs is 1. The maximum absolute atomic E-state index is 13.6. The molecule has 1 aliphatic heterocycles. The van der Waals surface area contributed by atoms with Crippen molar-refractivity contribution in [3.8, 4) is 17.1 Å². The van der Waals surface area contributed by atoms with E-state index in [2.05, 4.69) is 20.9 Å².